The summed E-state index contributed by atoms with van der Waals surface area (Å²) in [5, 5.41) is 9.74. The van der Waals surface area contributed by atoms with Gasteiger partial charge in [0, 0.05) is 6.04 Å². The highest BCUT2D eigenvalue weighted by Crippen LogP contribution is 2.61. The van der Waals surface area contributed by atoms with Crippen LogP contribution in [0.4, 0.5) is 5.69 Å². The van der Waals surface area contributed by atoms with E-state index in [0.29, 0.717) is 28.8 Å². The number of anilines is 1. The number of hydrogen-bond donors (Lipinski definition) is 2. The highest BCUT2D eigenvalue weighted by Gasteiger charge is 2.56. The molecule has 5 heteroatoms. The van der Waals surface area contributed by atoms with Crippen LogP contribution in [0.25, 0.3) is 0 Å². The zero-order valence-corrected chi connectivity index (χ0v) is 12.6. The van der Waals surface area contributed by atoms with Gasteiger partial charge in [-0.1, -0.05) is 20.8 Å². The minimum atomic E-state index is -0.286. The molecule has 3 saturated carbocycles. The second-order valence-corrected chi connectivity index (χ2v) is 6.85. The van der Waals surface area contributed by atoms with E-state index in [1.165, 1.54) is 13.5 Å². The Bertz CT molecular complexity index is 566. The van der Waals surface area contributed by atoms with Crippen molar-refractivity contribution < 1.29 is 4.74 Å². The summed E-state index contributed by atoms with van der Waals surface area (Å²) in [6.07, 6.45) is 4.13. The lowest BCUT2D eigenvalue weighted by atomic mass is 9.45. The fourth-order valence-corrected chi connectivity index (χ4v) is 4.23. The van der Waals surface area contributed by atoms with Crippen LogP contribution in [0.2, 0.25) is 0 Å². The molecule has 0 saturated heterocycles. The molecule has 0 radical (unpaired) electrons. The molecule has 1 unspecified atom stereocenters. The van der Waals surface area contributed by atoms with Crippen LogP contribution in [-0.2, 0) is 0 Å². The van der Waals surface area contributed by atoms with Crippen LogP contribution in [0.5, 0.6) is 5.75 Å². The van der Waals surface area contributed by atoms with Crippen LogP contribution in [0.15, 0.2) is 11.0 Å². The molecule has 1 aromatic rings. The molecule has 3 aliphatic carbocycles. The van der Waals surface area contributed by atoms with Gasteiger partial charge in [0.25, 0.3) is 0 Å². The van der Waals surface area contributed by atoms with Gasteiger partial charge in [0.2, 0.25) is 5.75 Å². The Balaban J connectivity index is 1.80. The molecule has 3 aliphatic rings. The summed E-state index contributed by atoms with van der Waals surface area (Å²) >= 11 is 0. The number of aromatic nitrogens is 2. The average Bonchev–Trinajstić information content (AvgIpc) is 2.40. The maximum Gasteiger partial charge on any atom is 0.308 e. The van der Waals surface area contributed by atoms with Crippen LogP contribution >= 0.6 is 0 Å². The van der Waals surface area contributed by atoms with E-state index in [2.05, 4.69) is 36.3 Å². The van der Waals surface area contributed by atoms with E-state index in [1.807, 2.05) is 0 Å². The molecule has 2 N–H and O–H groups in total. The third kappa shape index (κ3) is 1.83. The lowest BCUT2D eigenvalue weighted by Gasteiger charge is -2.62. The Morgan fingerprint density at radius 3 is 2.80 bits per heavy atom. The summed E-state index contributed by atoms with van der Waals surface area (Å²) in [6, 6.07) is 0.393. The van der Waals surface area contributed by atoms with Crippen molar-refractivity contribution in [2.75, 3.05) is 12.4 Å². The molecule has 3 fully saturated rings. The molecule has 0 aromatic carbocycles. The number of rotatable bonds is 3. The maximum absolute atomic E-state index is 11.7. The summed E-state index contributed by atoms with van der Waals surface area (Å²) in [6.45, 7) is 7.08. The zero-order chi connectivity index (χ0) is 14.5. The van der Waals surface area contributed by atoms with Gasteiger partial charge in [-0.25, -0.2) is 5.10 Å². The van der Waals surface area contributed by atoms with Crippen LogP contribution in [0.1, 0.15) is 33.6 Å². The first-order chi connectivity index (χ1) is 9.45. The molecule has 4 atom stereocenters. The largest absolute Gasteiger partial charge is 0.490 e. The number of aromatic amines is 1. The highest BCUT2D eigenvalue weighted by atomic mass is 16.5. The van der Waals surface area contributed by atoms with Crippen molar-refractivity contribution in [3.63, 3.8) is 0 Å². The summed E-state index contributed by atoms with van der Waals surface area (Å²) in [5.41, 5.74) is 0.882. The summed E-state index contributed by atoms with van der Waals surface area (Å²) in [4.78, 5) is 11.7. The van der Waals surface area contributed by atoms with Crippen molar-refractivity contribution in [2.24, 2.45) is 23.2 Å². The van der Waals surface area contributed by atoms with Crippen LogP contribution in [0, 0.1) is 23.2 Å². The minimum Gasteiger partial charge on any atom is -0.490 e. The predicted octanol–water partition coefficient (Wildman–Crippen LogP) is 2.26. The molecule has 1 heterocycles. The van der Waals surface area contributed by atoms with E-state index in [-0.39, 0.29) is 5.56 Å². The van der Waals surface area contributed by atoms with Gasteiger partial charge < -0.3 is 10.1 Å². The predicted molar refractivity (Wildman–Crippen MR) is 78.0 cm³/mol. The molecule has 1 aromatic heterocycles. The number of methoxy groups -OCH3 is 1. The van der Waals surface area contributed by atoms with Gasteiger partial charge in [0.05, 0.1) is 13.3 Å². The van der Waals surface area contributed by atoms with E-state index in [1.54, 1.807) is 6.20 Å². The van der Waals surface area contributed by atoms with Gasteiger partial charge in [-0.3, -0.25) is 4.79 Å². The van der Waals surface area contributed by atoms with E-state index >= 15 is 0 Å². The van der Waals surface area contributed by atoms with Gasteiger partial charge in [-0.05, 0) is 36.0 Å². The standard InChI is InChI=1S/C15H23N3O2/c1-8-10-5-9(15(10,2)3)6-11(8)17-12-7-16-18-14(19)13(12)20-4/h7-11H,5-6H2,1-4H3,(H2,17,18,19)/t8-,9-,10+,11?/m1/s1. The second-order valence-electron chi connectivity index (χ2n) is 6.85. The quantitative estimate of drug-likeness (QED) is 0.889. The molecule has 5 nitrogen and oxygen atoms in total. The van der Waals surface area contributed by atoms with Gasteiger partial charge in [0.15, 0.2) is 0 Å². The number of hydrogen-bond acceptors (Lipinski definition) is 4. The molecule has 2 bridgehead atoms. The van der Waals surface area contributed by atoms with E-state index in [4.69, 9.17) is 4.74 Å². The highest BCUT2D eigenvalue weighted by molar-refractivity contribution is 5.54. The van der Waals surface area contributed by atoms with Gasteiger partial charge in [-0.15, -0.1) is 0 Å². The van der Waals surface area contributed by atoms with E-state index < -0.39 is 0 Å². The third-order valence-corrected chi connectivity index (χ3v) is 5.71. The number of ether oxygens (including phenoxy) is 1. The first-order valence-electron chi connectivity index (χ1n) is 7.33. The molecular weight excluding hydrogens is 254 g/mol. The van der Waals surface area contributed by atoms with Gasteiger partial charge in [0.1, 0.15) is 5.69 Å². The number of nitrogens with one attached hydrogen (secondary N) is 2. The van der Waals surface area contributed by atoms with Crippen molar-refractivity contribution in [1.82, 2.24) is 10.2 Å². The lowest BCUT2D eigenvalue weighted by Crippen LogP contribution is -2.58. The molecule has 110 valence electrons. The fraction of sp³-hybridized carbons (Fsp3) is 0.733. The van der Waals surface area contributed by atoms with Crippen molar-refractivity contribution in [3.8, 4) is 5.75 Å². The van der Waals surface area contributed by atoms with Crippen LogP contribution in [-0.4, -0.2) is 23.3 Å². The Morgan fingerprint density at radius 1 is 1.45 bits per heavy atom. The number of fused-ring (bicyclic) bond motifs is 2. The maximum atomic E-state index is 11.7. The first-order valence-corrected chi connectivity index (χ1v) is 7.33. The Morgan fingerprint density at radius 2 is 2.20 bits per heavy atom. The minimum absolute atomic E-state index is 0.286. The Labute approximate surface area is 119 Å². The average molecular weight is 277 g/mol. The van der Waals surface area contributed by atoms with Crippen molar-refractivity contribution in [2.45, 2.75) is 39.7 Å². The Hall–Kier alpha value is -1.52. The van der Waals surface area contributed by atoms with Crippen LogP contribution < -0.4 is 15.6 Å². The van der Waals surface area contributed by atoms with Crippen LogP contribution in [0.3, 0.4) is 0 Å². The molecule has 0 amide bonds. The van der Waals surface area contributed by atoms with Gasteiger partial charge in [-0.2, -0.15) is 5.10 Å². The van der Waals surface area contributed by atoms with Crippen molar-refractivity contribution in [3.05, 3.63) is 16.6 Å². The molecule has 0 aliphatic heterocycles. The number of H-pyrrole nitrogens is 1. The summed E-state index contributed by atoms with van der Waals surface area (Å²) < 4.78 is 5.19. The molecular formula is C15H23N3O2. The Kier molecular flexibility index (Phi) is 3.03. The SMILES string of the molecule is COc1c(NC2C[C@H]3C[C@@H]([C@H]2C)C3(C)C)cn[nH]c1=O. The summed E-state index contributed by atoms with van der Waals surface area (Å²) in [7, 11) is 1.51. The topological polar surface area (TPSA) is 67.0 Å². The monoisotopic (exact) mass is 277 g/mol. The fourth-order valence-electron chi connectivity index (χ4n) is 4.23. The normalized spacial score (nSPS) is 34.2. The van der Waals surface area contributed by atoms with E-state index in [9.17, 15) is 4.79 Å². The molecule has 4 rings (SSSR count). The molecule has 0 spiro atoms. The second kappa shape index (κ2) is 4.50. The third-order valence-electron chi connectivity index (χ3n) is 5.71. The zero-order valence-electron chi connectivity index (χ0n) is 12.6. The van der Waals surface area contributed by atoms with Crippen molar-refractivity contribution in [1.29, 1.82) is 0 Å². The van der Waals surface area contributed by atoms with Gasteiger partial charge >= 0.3 is 5.56 Å². The van der Waals surface area contributed by atoms with Crippen molar-refractivity contribution >= 4 is 5.69 Å². The summed E-state index contributed by atoms with van der Waals surface area (Å²) in [5.74, 6) is 2.46. The van der Waals surface area contributed by atoms with E-state index in [0.717, 1.165) is 18.3 Å². The smallest absolute Gasteiger partial charge is 0.308 e. The first kappa shape index (κ1) is 13.5. The number of nitrogens with zero attached hydrogens (tertiary/aromatic N) is 1. The lowest BCUT2D eigenvalue weighted by molar-refractivity contribution is -0.105. The molecule has 20 heavy (non-hydrogen) atoms.